The van der Waals surface area contributed by atoms with E-state index < -0.39 is 0 Å². The van der Waals surface area contributed by atoms with Gasteiger partial charge in [-0.15, -0.1) is 0 Å². The number of aryl methyl sites for hydroxylation is 2. The summed E-state index contributed by atoms with van der Waals surface area (Å²) in [6.07, 6.45) is 12.7. The second-order valence-electron chi connectivity index (χ2n) is 8.04. The Balaban J connectivity index is 1.76. The van der Waals surface area contributed by atoms with Gasteiger partial charge < -0.3 is 0 Å². The van der Waals surface area contributed by atoms with E-state index in [1.165, 1.54) is 33.3 Å². The highest BCUT2D eigenvalue weighted by Gasteiger charge is 2.22. The van der Waals surface area contributed by atoms with Crippen LogP contribution in [0.2, 0.25) is 0 Å². The summed E-state index contributed by atoms with van der Waals surface area (Å²) in [6, 6.07) is 17.6. The molecule has 5 nitrogen and oxygen atoms in total. The Kier molecular flexibility index (Phi) is 4.24. The summed E-state index contributed by atoms with van der Waals surface area (Å²) in [5.74, 6) is 1.12. The predicted molar refractivity (Wildman–Crippen MR) is 118 cm³/mol. The van der Waals surface area contributed by atoms with Gasteiger partial charge in [0.25, 0.3) is 0 Å². The van der Waals surface area contributed by atoms with Crippen molar-refractivity contribution in [3.8, 4) is 22.3 Å². The molecule has 0 aliphatic carbocycles. The average molecular weight is 397 g/mol. The first-order valence-corrected chi connectivity index (χ1v) is 10.1. The van der Waals surface area contributed by atoms with Crippen LogP contribution >= 0.6 is 0 Å². The predicted octanol–water partition coefficient (Wildman–Crippen LogP) is 2.73. The molecule has 0 radical (unpaired) electrons. The normalized spacial score (nSPS) is 11.3. The molecule has 148 valence electrons. The summed E-state index contributed by atoms with van der Waals surface area (Å²) in [5, 5.41) is 0. The number of rotatable bonds is 3. The first-order valence-electron chi connectivity index (χ1n) is 10.1. The summed E-state index contributed by atoms with van der Waals surface area (Å²) in [4.78, 5) is 2.16. The van der Waals surface area contributed by atoms with Crippen molar-refractivity contribution in [2.75, 3.05) is 19.0 Å². The second kappa shape index (κ2) is 6.95. The Morgan fingerprint density at radius 3 is 1.77 bits per heavy atom. The molecular weight excluding hydrogens is 370 g/mol. The molecule has 0 unspecified atom stereocenters. The summed E-state index contributed by atoms with van der Waals surface area (Å²) in [5.41, 5.74) is 7.23. The van der Waals surface area contributed by atoms with Gasteiger partial charge in [-0.3, -0.25) is 4.90 Å². The van der Waals surface area contributed by atoms with Gasteiger partial charge in [0.2, 0.25) is 0 Å². The van der Waals surface area contributed by atoms with Gasteiger partial charge in [0.05, 0.1) is 26.5 Å². The first kappa shape index (κ1) is 18.3. The molecule has 5 aromatic rings. The summed E-state index contributed by atoms with van der Waals surface area (Å²) < 4.78 is 8.63. The van der Waals surface area contributed by atoms with Gasteiger partial charge in [-0.1, -0.05) is 0 Å². The smallest absolute Gasteiger partial charge is 0.269 e. The van der Waals surface area contributed by atoms with Crippen LogP contribution in [0.3, 0.4) is 0 Å². The molecule has 0 spiro atoms. The van der Waals surface area contributed by atoms with Gasteiger partial charge in [-0.2, -0.15) is 0 Å². The zero-order valence-corrected chi connectivity index (χ0v) is 17.8. The van der Waals surface area contributed by atoms with Crippen molar-refractivity contribution in [1.29, 1.82) is 0 Å². The third-order valence-corrected chi connectivity index (χ3v) is 5.63. The minimum atomic E-state index is 1.12. The standard InChI is InChI=1S/C25H26N5/c1-26(2)25-29-15-9-21(19-5-11-27(3)12-6-19)17-23(29)24-18-22(10-16-30(24)25)20-7-13-28(4)14-8-20/h5-18H,1-4H3/q+3. The van der Waals surface area contributed by atoms with Gasteiger partial charge in [-0.05, 0) is 46.5 Å². The fourth-order valence-electron chi connectivity index (χ4n) is 4.04. The molecule has 30 heavy (non-hydrogen) atoms. The monoisotopic (exact) mass is 396 g/mol. The molecule has 0 fully saturated rings. The number of hydrogen-bond acceptors (Lipinski definition) is 1. The second-order valence-corrected chi connectivity index (χ2v) is 8.04. The van der Waals surface area contributed by atoms with Crippen molar-refractivity contribution in [3.63, 3.8) is 0 Å². The van der Waals surface area contributed by atoms with E-state index in [0.717, 1.165) is 5.95 Å². The molecule has 5 rings (SSSR count). The van der Waals surface area contributed by atoms with Gasteiger partial charge in [0, 0.05) is 24.3 Å². The lowest BCUT2D eigenvalue weighted by Gasteiger charge is -2.05. The zero-order valence-electron chi connectivity index (χ0n) is 17.8. The van der Waals surface area contributed by atoms with E-state index >= 15 is 0 Å². The number of fused-ring (bicyclic) bond motifs is 3. The maximum Gasteiger partial charge on any atom is 0.369 e. The maximum atomic E-state index is 2.28. The Bertz CT molecular complexity index is 1260. The molecule has 0 amide bonds. The van der Waals surface area contributed by atoms with Crippen LogP contribution in [0.15, 0.2) is 85.7 Å². The number of nitrogens with zero attached hydrogens (tertiary/aromatic N) is 5. The van der Waals surface area contributed by atoms with Crippen molar-refractivity contribution in [1.82, 2.24) is 4.40 Å². The van der Waals surface area contributed by atoms with Crippen molar-refractivity contribution in [3.05, 3.63) is 85.7 Å². The Labute approximate surface area is 176 Å². The molecule has 0 atom stereocenters. The SMILES string of the molecule is CN(C)c1n2ccc(-c3cc[n+](C)cc3)cc2c2cc(-c3cc[n+](C)cc3)cc[n+]12. The molecule has 0 saturated carbocycles. The molecule has 0 saturated heterocycles. The third kappa shape index (κ3) is 2.99. The van der Waals surface area contributed by atoms with E-state index in [-0.39, 0.29) is 0 Å². The highest BCUT2D eigenvalue weighted by Crippen LogP contribution is 2.27. The van der Waals surface area contributed by atoms with Crippen molar-refractivity contribution >= 4 is 17.0 Å². The van der Waals surface area contributed by atoms with Gasteiger partial charge in [0.15, 0.2) is 24.8 Å². The highest BCUT2D eigenvalue weighted by molar-refractivity contribution is 5.82. The molecule has 5 heteroatoms. The van der Waals surface area contributed by atoms with Gasteiger partial charge in [0.1, 0.15) is 25.1 Å². The number of hydrogen-bond donors (Lipinski definition) is 0. The van der Waals surface area contributed by atoms with Gasteiger partial charge in [-0.25, -0.2) is 17.9 Å². The molecule has 0 bridgehead atoms. The van der Waals surface area contributed by atoms with Crippen LogP contribution in [0.4, 0.5) is 5.95 Å². The molecular formula is C25H26N5+3. The first-order chi connectivity index (χ1) is 14.5. The largest absolute Gasteiger partial charge is 0.369 e. The summed E-state index contributed by atoms with van der Waals surface area (Å²) in [7, 11) is 8.26. The van der Waals surface area contributed by atoms with Crippen molar-refractivity contribution < 1.29 is 13.5 Å². The van der Waals surface area contributed by atoms with Crippen LogP contribution < -0.4 is 18.4 Å². The minimum absolute atomic E-state index is 1.12. The fourth-order valence-corrected chi connectivity index (χ4v) is 4.04. The Morgan fingerprint density at radius 1 is 0.667 bits per heavy atom. The van der Waals surface area contributed by atoms with Crippen LogP contribution in [0.1, 0.15) is 0 Å². The lowest BCUT2D eigenvalue weighted by Crippen LogP contribution is -2.29. The maximum absolute atomic E-state index is 2.28. The summed E-state index contributed by atoms with van der Waals surface area (Å²) in [6.45, 7) is 0. The topological polar surface area (TPSA) is 19.5 Å². The molecule has 0 aliphatic heterocycles. The van der Waals surface area contributed by atoms with E-state index in [1.54, 1.807) is 0 Å². The van der Waals surface area contributed by atoms with Crippen LogP contribution in [0.5, 0.6) is 0 Å². The average Bonchev–Trinajstić information content (AvgIpc) is 3.08. The quantitative estimate of drug-likeness (QED) is 0.429. The minimum Gasteiger partial charge on any atom is -0.269 e. The zero-order chi connectivity index (χ0) is 20.8. The van der Waals surface area contributed by atoms with Crippen LogP contribution in [-0.2, 0) is 14.1 Å². The van der Waals surface area contributed by atoms with E-state index in [9.17, 15) is 0 Å². The Morgan fingerprint density at radius 2 is 1.20 bits per heavy atom. The van der Waals surface area contributed by atoms with E-state index in [0.29, 0.717) is 0 Å². The van der Waals surface area contributed by atoms with E-state index in [4.69, 9.17) is 0 Å². The number of pyridine rings is 4. The van der Waals surface area contributed by atoms with Crippen LogP contribution in [0, 0.1) is 0 Å². The van der Waals surface area contributed by atoms with Crippen LogP contribution in [0.25, 0.3) is 33.3 Å². The molecule has 0 aliphatic rings. The summed E-state index contributed by atoms with van der Waals surface area (Å²) >= 11 is 0. The molecule has 5 aromatic heterocycles. The number of aromatic nitrogens is 4. The lowest BCUT2D eigenvalue weighted by atomic mass is 10.1. The van der Waals surface area contributed by atoms with Crippen molar-refractivity contribution in [2.45, 2.75) is 0 Å². The number of anilines is 1. The fraction of sp³-hybridized carbons (Fsp3) is 0.160. The molecule has 5 heterocycles. The van der Waals surface area contributed by atoms with Gasteiger partial charge >= 0.3 is 5.95 Å². The van der Waals surface area contributed by atoms with E-state index in [1.807, 2.05) is 14.1 Å². The van der Waals surface area contributed by atoms with Crippen LogP contribution in [-0.4, -0.2) is 18.5 Å². The third-order valence-electron chi connectivity index (χ3n) is 5.63. The Hall–Kier alpha value is -3.73. The van der Waals surface area contributed by atoms with Crippen molar-refractivity contribution in [2.24, 2.45) is 14.1 Å². The number of imidazole rings is 1. The highest BCUT2D eigenvalue weighted by atomic mass is 15.3. The van der Waals surface area contributed by atoms with E-state index in [2.05, 4.69) is 123 Å². The lowest BCUT2D eigenvalue weighted by molar-refractivity contribution is -0.671. The molecule has 0 N–H and O–H groups in total. The molecule has 0 aromatic carbocycles.